The molecule has 0 bridgehead atoms. The fourth-order valence-corrected chi connectivity index (χ4v) is 3.83. The van der Waals surface area contributed by atoms with Crippen molar-refractivity contribution in [1.29, 1.82) is 0 Å². The van der Waals surface area contributed by atoms with Crippen LogP contribution in [0.25, 0.3) is 10.2 Å². The molecule has 134 valence electrons. The van der Waals surface area contributed by atoms with Crippen molar-refractivity contribution in [2.45, 2.75) is 18.9 Å². The Bertz CT molecular complexity index is 956. The number of hydrogen-bond acceptors (Lipinski definition) is 7. The Labute approximate surface area is 159 Å². The van der Waals surface area contributed by atoms with Crippen LogP contribution in [0.3, 0.4) is 0 Å². The molecule has 0 unspecified atom stereocenters. The average Bonchev–Trinajstić information content (AvgIpc) is 3.10. The summed E-state index contributed by atoms with van der Waals surface area (Å²) >= 11 is 2.79. The van der Waals surface area contributed by atoms with Crippen LogP contribution in [0.4, 0.5) is 5.69 Å². The zero-order valence-electron chi connectivity index (χ0n) is 14.3. The lowest BCUT2D eigenvalue weighted by Crippen LogP contribution is -2.22. The Morgan fingerprint density at radius 2 is 2.08 bits per heavy atom. The molecule has 8 heteroatoms. The minimum Gasteiger partial charge on any atom is -0.455 e. The largest absolute Gasteiger partial charge is 0.455 e. The first-order valence-corrected chi connectivity index (χ1v) is 9.73. The van der Waals surface area contributed by atoms with Crippen LogP contribution in [0.15, 0.2) is 41.0 Å². The minimum atomic E-state index is -0.465. The van der Waals surface area contributed by atoms with Crippen molar-refractivity contribution in [3.63, 3.8) is 0 Å². The molecule has 1 N–H and O–H groups in total. The van der Waals surface area contributed by atoms with Gasteiger partial charge in [0, 0.05) is 11.1 Å². The lowest BCUT2D eigenvalue weighted by Gasteiger charge is -2.09. The van der Waals surface area contributed by atoms with Crippen LogP contribution in [0.5, 0.6) is 0 Å². The van der Waals surface area contributed by atoms with Crippen molar-refractivity contribution < 1.29 is 14.3 Å². The number of thiophene rings is 1. The second-order valence-corrected chi connectivity index (χ2v) is 7.49. The van der Waals surface area contributed by atoms with E-state index >= 15 is 0 Å². The van der Waals surface area contributed by atoms with E-state index in [1.54, 1.807) is 0 Å². The Kier molecular flexibility index (Phi) is 5.85. The Morgan fingerprint density at radius 1 is 1.23 bits per heavy atom. The summed E-state index contributed by atoms with van der Waals surface area (Å²) in [7, 11) is 0. The molecule has 0 saturated heterocycles. The highest BCUT2D eigenvalue weighted by molar-refractivity contribution is 8.00. The molecule has 0 saturated carbocycles. The molecule has 1 amide bonds. The highest BCUT2D eigenvalue weighted by Gasteiger charge is 2.12. The summed E-state index contributed by atoms with van der Waals surface area (Å²) in [5.41, 5.74) is 2.72. The summed E-state index contributed by atoms with van der Waals surface area (Å²) in [5.74, 6) is -0.744. The van der Waals surface area contributed by atoms with Gasteiger partial charge in [-0.15, -0.1) is 11.3 Å². The predicted molar refractivity (Wildman–Crippen MR) is 104 cm³/mol. The molecule has 0 fully saturated rings. The van der Waals surface area contributed by atoms with Gasteiger partial charge in [-0.3, -0.25) is 9.59 Å². The third kappa shape index (κ3) is 4.59. The molecule has 0 aliphatic rings. The summed E-state index contributed by atoms with van der Waals surface area (Å²) < 4.78 is 5.05. The van der Waals surface area contributed by atoms with Crippen molar-refractivity contribution in [3.8, 4) is 0 Å². The van der Waals surface area contributed by atoms with E-state index < -0.39 is 5.97 Å². The van der Waals surface area contributed by atoms with Gasteiger partial charge in [0.25, 0.3) is 5.91 Å². The monoisotopic (exact) mass is 387 g/mol. The number of nitrogens with one attached hydrogen (secondary N) is 1. The van der Waals surface area contributed by atoms with Crippen LogP contribution in [-0.2, 0) is 14.3 Å². The Balaban J connectivity index is 1.48. The number of aryl methyl sites for hydroxylation is 2. The third-order valence-electron chi connectivity index (χ3n) is 3.58. The van der Waals surface area contributed by atoms with Gasteiger partial charge < -0.3 is 10.1 Å². The maximum atomic E-state index is 12.0. The molecule has 0 radical (unpaired) electrons. The van der Waals surface area contributed by atoms with Crippen molar-refractivity contribution in [1.82, 2.24) is 9.97 Å². The van der Waals surface area contributed by atoms with E-state index in [1.165, 1.54) is 29.4 Å². The number of fused-ring (bicyclic) bond motifs is 1. The first-order chi connectivity index (χ1) is 12.5. The Morgan fingerprint density at radius 3 is 2.92 bits per heavy atom. The molecule has 2 aromatic heterocycles. The number of rotatable bonds is 6. The summed E-state index contributed by atoms with van der Waals surface area (Å²) in [5, 5.41) is 6.34. The molecule has 0 aliphatic heterocycles. The fraction of sp³-hybridized carbons (Fsp3) is 0.222. The summed E-state index contributed by atoms with van der Waals surface area (Å²) in [6, 6.07) is 7.71. The zero-order chi connectivity index (χ0) is 18.5. The van der Waals surface area contributed by atoms with E-state index in [9.17, 15) is 9.59 Å². The number of ether oxygens (including phenoxy) is 1. The smallest absolute Gasteiger partial charge is 0.316 e. The minimum absolute atomic E-state index is 0.0821. The lowest BCUT2D eigenvalue weighted by molar-refractivity contribution is -0.144. The lowest BCUT2D eigenvalue weighted by atomic mass is 10.1. The SMILES string of the molecule is Cc1ccc(C)c(NC(=O)COC(=O)CSc2ncnc3sccc23)c1. The van der Waals surface area contributed by atoms with E-state index in [1.807, 2.05) is 43.5 Å². The average molecular weight is 387 g/mol. The second-order valence-electron chi connectivity index (χ2n) is 5.63. The number of carbonyl (C=O) groups excluding carboxylic acids is 2. The first-order valence-electron chi connectivity index (χ1n) is 7.86. The molecule has 26 heavy (non-hydrogen) atoms. The molecule has 0 atom stereocenters. The number of thioether (sulfide) groups is 1. The number of anilines is 1. The predicted octanol–water partition coefficient (Wildman–Crippen LogP) is 3.58. The molecule has 2 heterocycles. The van der Waals surface area contributed by atoms with Crippen molar-refractivity contribution in [3.05, 3.63) is 47.1 Å². The molecule has 6 nitrogen and oxygen atoms in total. The molecule has 0 spiro atoms. The number of aromatic nitrogens is 2. The van der Waals surface area contributed by atoms with Crippen LogP contribution in [-0.4, -0.2) is 34.2 Å². The van der Waals surface area contributed by atoms with E-state index in [2.05, 4.69) is 15.3 Å². The van der Waals surface area contributed by atoms with Gasteiger partial charge in [-0.05, 0) is 42.5 Å². The quantitative estimate of drug-likeness (QED) is 0.395. The highest BCUT2D eigenvalue weighted by Crippen LogP contribution is 2.27. The van der Waals surface area contributed by atoms with Gasteiger partial charge in [-0.25, -0.2) is 9.97 Å². The zero-order valence-corrected chi connectivity index (χ0v) is 15.9. The molecule has 0 aliphatic carbocycles. The van der Waals surface area contributed by atoms with Crippen LogP contribution >= 0.6 is 23.1 Å². The molecular weight excluding hydrogens is 370 g/mol. The molecule has 3 aromatic rings. The van der Waals surface area contributed by atoms with E-state index in [0.29, 0.717) is 0 Å². The molecule has 3 rings (SSSR count). The van der Waals surface area contributed by atoms with Crippen molar-refractivity contribution >= 4 is 50.9 Å². The highest BCUT2D eigenvalue weighted by atomic mass is 32.2. The number of benzene rings is 1. The van der Waals surface area contributed by atoms with Crippen molar-refractivity contribution in [2.24, 2.45) is 0 Å². The van der Waals surface area contributed by atoms with E-state index in [0.717, 1.165) is 32.1 Å². The number of carbonyl (C=O) groups is 2. The maximum absolute atomic E-state index is 12.0. The summed E-state index contributed by atoms with van der Waals surface area (Å²) in [6.07, 6.45) is 1.48. The summed E-state index contributed by atoms with van der Waals surface area (Å²) in [6.45, 7) is 3.54. The molecular formula is C18H17N3O3S2. The van der Waals surface area contributed by atoms with Crippen LogP contribution in [0.1, 0.15) is 11.1 Å². The second kappa shape index (κ2) is 8.29. The van der Waals surface area contributed by atoms with Crippen LogP contribution in [0, 0.1) is 13.8 Å². The van der Waals surface area contributed by atoms with Gasteiger partial charge in [-0.1, -0.05) is 23.9 Å². The van der Waals surface area contributed by atoms with Gasteiger partial charge in [-0.2, -0.15) is 0 Å². The van der Waals surface area contributed by atoms with E-state index in [4.69, 9.17) is 4.74 Å². The first kappa shape index (κ1) is 18.3. The van der Waals surface area contributed by atoms with Gasteiger partial charge >= 0.3 is 5.97 Å². The summed E-state index contributed by atoms with van der Waals surface area (Å²) in [4.78, 5) is 33.1. The molecule has 1 aromatic carbocycles. The Hall–Kier alpha value is -2.45. The van der Waals surface area contributed by atoms with Gasteiger partial charge in [0.05, 0.1) is 5.75 Å². The fourth-order valence-electron chi connectivity index (χ4n) is 2.25. The normalized spacial score (nSPS) is 10.7. The van der Waals surface area contributed by atoms with Gasteiger partial charge in [0.2, 0.25) is 0 Å². The van der Waals surface area contributed by atoms with Gasteiger partial charge in [0.1, 0.15) is 16.2 Å². The standard InChI is InChI=1S/C18H17N3O3S2/c1-11-3-4-12(2)14(7-11)21-15(22)8-24-16(23)9-26-18-13-5-6-25-17(13)19-10-20-18/h3-7,10H,8-9H2,1-2H3,(H,21,22). The topological polar surface area (TPSA) is 81.2 Å². The number of nitrogens with zero attached hydrogens (tertiary/aromatic N) is 2. The number of amides is 1. The van der Waals surface area contributed by atoms with Gasteiger partial charge in [0.15, 0.2) is 6.61 Å². The van der Waals surface area contributed by atoms with Crippen molar-refractivity contribution in [2.75, 3.05) is 17.7 Å². The number of hydrogen-bond donors (Lipinski definition) is 1. The third-order valence-corrected chi connectivity index (χ3v) is 5.38. The van der Waals surface area contributed by atoms with Crippen LogP contribution in [0.2, 0.25) is 0 Å². The maximum Gasteiger partial charge on any atom is 0.316 e. The van der Waals surface area contributed by atoms with E-state index in [-0.39, 0.29) is 18.3 Å². The number of esters is 1. The van der Waals surface area contributed by atoms with Crippen LogP contribution < -0.4 is 5.32 Å².